The minimum atomic E-state index is -1.99. The van der Waals surface area contributed by atoms with Crippen LogP contribution in [0.3, 0.4) is 0 Å². The molecule has 2 atom stereocenters. The Hall–Kier alpha value is -2.56. The van der Waals surface area contributed by atoms with E-state index in [0.29, 0.717) is 31.2 Å². The van der Waals surface area contributed by atoms with Gasteiger partial charge >= 0.3 is 11.9 Å². The predicted molar refractivity (Wildman–Crippen MR) is 181 cm³/mol. The van der Waals surface area contributed by atoms with Gasteiger partial charge in [-0.05, 0) is 89.6 Å². The molecule has 2 saturated heterocycles. The lowest BCUT2D eigenvalue weighted by molar-refractivity contribution is -0.180. The zero-order chi connectivity index (χ0) is 34.6. The lowest BCUT2D eigenvalue weighted by Crippen LogP contribution is -2.61. The van der Waals surface area contributed by atoms with E-state index in [0.717, 1.165) is 17.7 Å². The summed E-state index contributed by atoms with van der Waals surface area (Å²) in [5.74, 6) is 1.36. The summed E-state index contributed by atoms with van der Waals surface area (Å²) in [6, 6.07) is 3.75. The second kappa shape index (κ2) is 12.2. The van der Waals surface area contributed by atoms with Crippen LogP contribution in [0.2, 0.25) is 0 Å². The molecule has 2 heterocycles. The molecule has 0 saturated carbocycles. The van der Waals surface area contributed by atoms with Gasteiger partial charge in [0.05, 0.1) is 0 Å². The Morgan fingerprint density at radius 1 is 0.844 bits per heavy atom. The van der Waals surface area contributed by atoms with Crippen molar-refractivity contribution >= 4 is 11.9 Å². The number of terminal acetylenes is 1. The Balaban J connectivity index is 2.11. The summed E-state index contributed by atoms with van der Waals surface area (Å²) >= 11 is 0. The smallest absolute Gasteiger partial charge is 0.336 e. The molecule has 2 fully saturated rings. The molecule has 2 aliphatic rings. The molecule has 7 nitrogen and oxygen atoms in total. The third-order valence-corrected chi connectivity index (χ3v) is 10.6. The second-order valence-electron chi connectivity index (χ2n) is 17.6. The third kappa shape index (κ3) is 7.71. The molecule has 1 N–H and O–H groups in total. The van der Waals surface area contributed by atoms with Crippen molar-refractivity contribution in [3.63, 3.8) is 0 Å². The van der Waals surface area contributed by atoms with Crippen LogP contribution in [0.1, 0.15) is 125 Å². The fourth-order valence-corrected chi connectivity index (χ4v) is 7.07. The van der Waals surface area contributed by atoms with Gasteiger partial charge in [0.25, 0.3) is 0 Å². The maximum absolute atomic E-state index is 14.4. The maximum atomic E-state index is 14.4. The van der Waals surface area contributed by atoms with Gasteiger partial charge in [-0.15, -0.1) is 6.42 Å². The minimum Gasteiger partial charge on any atom is -0.507 e. The van der Waals surface area contributed by atoms with E-state index < -0.39 is 34.3 Å². The fourth-order valence-electron chi connectivity index (χ4n) is 7.07. The van der Waals surface area contributed by atoms with Crippen molar-refractivity contribution in [3.05, 3.63) is 28.8 Å². The summed E-state index contributed by atoms with van der Waals surface area (Å²) in [6.07, 6.45) is 7.85. The van der Waals surface area contributed by atoms with Gasteiger partial charge in [0, 0.05) is 48.8 Å². The molecule has 45 heavy (non-hydrogen) atoms. The number of esters is 2. The molecule has 252 valence electrons. The maximum Gasteiger partial charge on any atom is 0.336 e. The normalized spacial score (nSPS) is 23.9. The summed E-state index contributed by atoms with van der Waals surface area (Å²) < 4.78 is 12.4. The third-order valence-electron chi connectivity index (χ3n) is 10.6. The van der Waals surface area contributed by atoms with Crippen LogP contribution >= 0.6 is 0 Å². The highest BCUT2D eigenvalue weighted by Gasteiger charge is 2.52. The number of ether oxygens (including phenoxy) is 2. The Labute approximate surface area is 273 Å². The monoisotopic (exact) mass is 624 g/mol. The summed E-state index contributed by atoms with van der Waals surface area (Å²) in [4.78, 5) is 33.3. The zero-order valence-electron chi connectivity index (χ0n) is 30.6. The van der Waals surface area contributed by atoms with E-state index in [4.69, 9.17) is 15.9 Å². The molecule has 0 bridgehead atoms. The standard InChI is InChI=1S/C38H60N2O5/c1-16-38(31(42)44-26-17-18-39(14)35(8,9)22-26,32(43)45-27-23-36(10,11)40(15)37(12,13)24-27)21-25-19-28(33(2,3)4)30(41)29(20-25)34(5,6)7/h1,19-20,26-27,41H,17-18,21-24H2,2-15H3. The Morgan fingerprint density at radius 2 is 1.27 bits per heavy atom. The number of hydrogen-bond acceptors (Lipinski definition) is 7. The first-order valence-electron chi connectivity index (χ1n) is 16.5. The first-order chi connectivity index (χ1) is 20.3. The van der Waals surface area contributed by atoms with Crippen LogP contribution < -0.4 is 0 Å². The van der Waals surface area contributed by atoms with E-state index in [1.165, 1.54) is 0 Å². The first kappa shape index (κ1) is 36.9. The molecule has 0 radical (unpaired) electrons. The van der Waals surface area contributed by atoms with E-state index in [2.05, 4.69) is 71.4 Å². The number of nitrogens with zero attached hydrogens (tertiary/aromatic N) is 2. The molecule has 0 spiro atoms. The van der Waals surface area contributed by atoms with Crippen LogP contribution in [-0.2, 0) is 36.3 Å². The summed E-state index contributed by atoms with van der Waals surface area (Å²) in [7, 11) is 4.16. The fraction of sp³-hybridized carbons (Fsp3) is 0.737. The van der Waals surface area contributed by atoms with Gasteiger partial charge < -0.3 is 19.5 Å². The lowest BCUT2D eigenvalue weighted by Gasteiger charge is -2.53. The zero-order valence-corrected chi connectivity index (χ0v) is 30.6. The average molecular weight is 625 g/mol. The number of carbonyl (C=O) groups is 2. The van der Waals surface area contributed by atoms with E-state index in [-0.39, 0.29) is 34.9 Å². The highest BCUT2D eigenvalue weighted by Crippen LogP contribution is 2.43. The molecule has 1 aromatic carbocycles. The molecule has 3 rings (SSSR count). The number of phenols is 1. The van der Waals surface area contributed by atoms with Gasteiger partial charge in [0.15, 0.2) is 0 Å². The van der Waals surface area contributed by atoms with Gasteiger partial charge in [-0.25, -0.2) is 9.59 Å². The number of benzene rings is 1. The number of hydrogen-bond donors (Lipinski definition) is 1. The average Bonchev–Trinajstić information content (AvgIpc) is 2.86. The molecule has 0 aliphatic carbocycles. The van der Waals surface area contributed by atoms with Crippen molar-refractivity contribution in [1.82, 2.24) is 9.80 Å². The van der Waals surface area contributed by atoms with Gasteiger partial charge in [-0.3, -0.25) is 4.90 Å². The largest absolute Gasteiger partial charge is 0.507 e. The molecule has 7 heteroatoms. The molecule has 0 aromatic heterocycles. The van der Waals surface area contributed by atoms with Crippen molar-refractivity contribution in [2.75, 3.05) is 20.6 Å². The van der Waals surface area contributed by atoms with Crippen LogP contribution in [0.4, 0.5) is 0 Å². The van der Waals surface area contributed by atoms with Crippen molar-refractivity contribution in [1.29, 1.82) is 0 Å². The molecular weight excluding hydrogens is 564 g/mol. The van der Waals surface area contributed by atoms with Crippen LogP contribution in [-0.4, -0.2) is 76.3 Å². The van der Waals surface area contributed by atoms with Crippen LogP contribution in [0.5, 0.6) is 5.75 Å². The van der Waals surface area contributed by atoms with Gasteiger partial charge in [0.2, 0.25) is 5.41 Å². The predicted octanol–water partition coefficient (Wildman–Crippen LogP) is 6.76. The summed E-state index contributed by atoms with van der Waals surface area (Å²) in [5, 5.41) is 11.3. The number of carbonyl (C=O) groups excluding carboxylic acids is 2. The molecule has 0 amide bonds. The number of phenolic OH excluding ortho intramolecular Hbond substituents is 1. The van der Waals surface area contributed by atoms with Crippen molar-refractivity contribution in [2.24, 2.45) is 5.41 Å². The second-order valence-corrected chi connectivity index (χ2v) is 17.6. The topological polar surface area (TPSA) is 79.3 Å². The lowest BCUT2D eigenvalue weighted by atomic mass is 9.75. The minimum absolute atomic E-state index is 0.0942. The number of likely N-dealkylation sites (tertiary alicyclic amines) is 2. The van der Waals surface area contributed by atoms with Crippen molar-refractivity contribution in [3.8, 4) is 18.1 Å². The molecule has 1 aromatic rings. The Kier molecular flexibility index (Phi) is 10.0. The quantitative estimate of drug-likeness (QED) is 0.213. The first-order valence-corrected chi connectivity index (χ1v) is 16.5. The highest BCUT2D eigenvalue weighted by atomic mass is 16.6. The van der Waals surface area contributed by atoms with E-state index >= 15 is 0 Å². The van der Waals surface area contributed by atoms with Gasteiger partial charge in [0.1, 0.15) is 18.0 Å². The molecule has 2 aliphatic heterocycles. The van der Waals surface area contributed by atoms with E-state index in [9.17, 15) is 14.7 Å². The number of rotatable bonds is 6. The number of aromatic hydroxyl groups is 1. The Bertz CT molecular complexity index is 1270. The van der Waals surface area contributed by atoms with Crippen LogP contribution in [0.25, 0.3) is 0 Å². The molecular formula is C38H60N2O5. The number of piperidine rings is 2. The van der Waals surface area contributed by atoms with Gasteiger partial charge in [-0.1, -0.05) is 59.6 Å². The van der Waals surface area contributed by atoms with Crippen LogP contribution in [0.15, 0.2) is 12.1 Å². The van der Waals surface area contributed by atoms with E-state index in [1.54, 1.807) is 0 Å². The van der Waals surface area contributed by atoms with Crippen molar-refractivity contribution in [2.45, 2.75) is 155 Å². The SMILES string of the molecule is C#CC(Cc1cc(C(C)(C)C)c(O)c(C(C)(C)C)c1)(C(=O)OC1CCN(C)C(C)(C)C1)C(=O)OC1CC(C)(C)N(C)C(C)(C)C1. The van der Waals surface area contributed by atoms with Crippen LogP contribution in [0, 0.1) is 17.8 Å². The van der Waals surface area contributed by atoms with Crippen molar-refractivity contribution < 1.29 is 24.2 Å². The van der Waals surface area contributed by atoms with E-state index in [1.807, 2.05) is 53.7 Å². The summed E-state index contributed by atoms with van der Waals surface area (Å²) in [5.41, 5.74) is -1.28. The Morgan fingerprint density at radius 3 is 1.67 bits per heavy atom. The highest BCUT2D eigenvalue weighted by molar-refractivity contribution is 6.04. The van der Waals surface area contributed by atoms with Gasteiger partial charge in [-0.2, -0.15) is 0 Å². The molecule has 2 unspecified atom stereocenters. The summed E-state index contributed by atoms with van der Waals surface area (Å²) in [6.45, 7) is 25.7.